The van der Waals surface area contributed by atoms with E-state index in [1.807, 2.05) is 20.8 Å². The van der Waals surface area contributed by atoms with E-state index in [-0.39, 0.29) is 22.8 Å². The third kappa shape index (κ3) is 3.18. The highest BCUT2D eigenvalue weighted by molar-refractivity contribution is 6.53. The first-order chi connectivity index (χ1) is 15.1. The van der Waals surface area contributed by atoms with Crippen molar-refractivity contribution >= 4 is 23.3 Å². The van der Waals surface area contributed by atoms with Gasteiger partial charge in [0.15, 0.2) is 11.5 Å². The van der Waals surface area contributed by atoms with Gasteiger partial charge in [0, 0.05) is 5.54 Å². The van der Waals surface area contributed by atoms with E-state index in [0.717, 1.165) is 5.56 Å². The standard InChI is InChI=1S/C24H25NO7/c1-12-11-24(2,3)25-19-15(12)9-14(10-16(19)20(26)22(25)27)32-23(28)13-7-17(29-4)21(31-6)18(8-13)30-5/h7-10,12H,11H2,1-6H3/t12-/m0/s1. The Morgan fingerprint density at radius 3 is 2.19 bits per heavy atom. The zero-order valence-electron chi connectivity index (χ0n) is 18.9. The topological polar surface area (TPSA) is 91.4 Å². The number of amides is 1. The highest BCUT2D eigenvalue weighted by Crippen LogP contribution is 2.50. The van der Waals surface area contributed by atoms with Crippen LogP contribution in [-0.4, -0.2) is 44.5 Å². The van der Waals surface area contributed by atoms with Crippen LogP contribution in [0.3, 0.4) is 0 Å². The zero-order chi connectivity index (χ0) is 23.4. The fourth-order valence-electron chi connectivity index (χ4n) is 4.70. The molecule has 0 N–H and O–H groups in total. The minimum Gasteiger partial charge on any atom is -0.493 e. The van der Waals surface area contributed by atoms with Gasteiger partial charge in [-0.1, -0.05) is 6.92 Å². The van der Waals surface area contributed by atoms with Crippen LogP contribution >= 0.6 is 0 Å². The lowest BCUT2D eigenvalue weighted by molar-refractivity contribution is -0.115. The molecule has 0 radical (unpaired) electrons. The SMILES string of the molecule is COc1cc(C(=O)Oc2cc3c4c(c2)[C@@H](C)CC(C)(C)N4C(=O)C3=O)cc(OC)c1OC. The van der Waals surface area contributed by atoms with Crippen LogP contribution in [-0.2, 0) is 4.79 Å². The van der Waals surface area contributed by atoms with E-state index in [1.165, 1.54) is 39.5 Å². The Labute approximate surface area is 186 Å². The van der Waals surface area contributed by atoms with Gasteiger partial charge in [-0.15, -0.1) is 0 Å². The van der Waals surface area contributed by atoms with Crippen LogP contribution in [0.2, 0.25) is 0 Å². The quantitative estimate of drug-likeness (QED) is 0.398. The number of Topliss-reactive ketones (excluding diaryl/α,β-unsaturated/α-hetero) is 1. The number of esters is 1. The molecule has 0 spiro atoms. The van der Waals surface area contributed by atoms with E-state index >= 15 is 0 Å². The molecule has 0 saturated heterocycles. The van der Waals surface area contributed by atoms with Crippen molar-refractivity contribution in [2.24, 2.45) is 0 Å². The Kier molecular flexibility index (Phi) is 5.11. The zero-order valence-corrected chi connectivity index (χ0v) is 18.9. The summed E-state index contributed by atoms with van der Waals surface area (Å²) in [4.78, 5) is 39.9. The number of hydrogen-bond acceptors (Lipinski definition) is 7. The van der Waals surface area contributed by atoms with Crippen molar-refractivity contribution in [3.63, 3.8) is 0 Å². The first kappa shape index (κ1) is 21.7. The molecule has 8 nitrogen and oxygen atoms in total. The van der Waals surface area contributed by atoms with Gasteiger partial charge >= 0.3 is 5.97 Å². The van der Waals surface area contributed by atoms with E-state index in [4.69, 9.17) is 18.9 Å². The van der Waals surface area contributed by atoms with Gasteiger partial charge in [-0.3, -0.25) is 14.5 Å². The van der Waals surface area contributed by atoms with Crippen molar-refractivity contribution in [3.05, 3.63) is 41.0 Å². The van der Waals surface area contributed by atoms with Gasteiger partial charge in [-0.25, -0.2) is 4.79 Å². The molecule has 0 saturated carbocycles. The number of nitrogens with zero attached hydrogens (tertiary/aromatic N) is 1. The minimum absolute atomic E-state index is 0.0773. The lowest BCUT2D eigenvalue weighted by Gasteiger charge is -2.43. The summed E-state index contributed by atoms with van der Waals surface area (Å²) in [7, 11) is 4.38. The first-order valence-electron chi connectivity index (χ1n) is 10.2. The lowest BCUT2D eigenvalue weighted by atomic mass is 9.80. The molecule has 1 atom stereocenters. The average Bonchev–Trinajstić information content (AvgIpc) is 3.02. The summed E-state index contributed by atoms with van der Waals surface area (Å²) in [5.74, 6) is -0.533. The molecule has 4 rings (SSSR count). The van der Waals surface area contributed by atoms with Crippen LogP contribution in [0.1, 0.15) is 59.4 Å². The van der Waals surface area contributed by atoms with Crippen molar-refractivity contribution in [3.8, 4) is 23.0 Å². The van der Waals surface area contributed by atoms with E-state index in [9.17, 15) is 14.4 Å². The van der Waals surface area contributed by atoms with E-state index in [0.29, 0.717) is 29.4 Å². The van der Waals surface area contributed by atoms with Gasteiger partial charge in [-0.05, 0) is 56.0 Å². The van der Waals surface area contributed by atoms with Crippen molar-refractivity contribution < 1.29 is 33.3 Å². The van der Waals surface area contributed by atoms with Crippen LogP contribution in [0.5, 0.6) is 23.0 Å². The highest BCUT2D eigenvalue weighted by atomic mass is 16.5. The molecule has 8 heteroatoms. The number of anilines is 1. The number of carbonyl (C=O) groups is 3. The normalized spacial score (nSPS) is 18.3. The fraction of sp³-hybridized carbons (Fsp3) is 0.375. The second kappa shape index (κ2) is 7.55. The van der Waals surface area contributed by atoms with Crippen molar-refractivity contribution in [1.82, 2.24) is 0 Å². The summed E-state index contributed by atoms with van der Waals surface area (Å²) in [5.41, 5.74) is 1.41. The van der Waals surface area contributed by atoms with E-state index in [1.54, 1.807) is 11.0 Å². The lowest BCUT2D eigenvalue weighted by Crippen LogP contribution is -2.50. The average molecular weight is 439 g/mol. The van der Waals surface area contributed by atoms with Gasteiger partial charge in [0.05, 0.1) is 38.1 Å². The molecular formula is C24H25NO7. The van der Waals surface area contributed by atoms with Crippen LogP contribution in [0.15, 0.2) is 24.3 Å². The number of carbonyl (C=O) groups excluding carboxylic acids is 3. The number of ether oxygens (including phenoxy) is 4. The molecule has 2 heterocycles. The van der Waals surface area contributed by atoms with Gasteiger partial charge in [0.25, 0.3) is 11.7 Å². The number of methoxy groups -OCH3 is 3. The first-order valence-corrected chi connectivity index (χ1v) is 10.2. The Balaban J connectivity index is 1.74. The van der Waals surface area contributed by atoms with E-state index in [2.05, 4.69) is 0 Å². The number of benzene rings is 2. The van der Waals surface area contributed by atoms with Crippen LogP contribution in [0, 0.1) is 0 Å². The highest BCUT2D eigenvalue weighted by Gasteiger charge is 2.49. The Morgan fingerprint density at radius 1 is 1.00 bits per heavy atom. The van der Waals surface area contributed by atoms with Crippen molar-refractivity contribution in [2.75, 3.05) is 26.2 Å². The summed E-state index contributed by atoms with van der Waals surface area (Å²) in [6, 6.07) is 6.17. The summed E-state index contributed by atoms with van der Waals surface area (Å²) < 4.78 is 21.5. The minimum atomic E-state index is -0.658. The van der Waals surface area contributed by atoms with E-state index < -0.39 is 23.2 Å². The molecule has 0 aliphatic carbocycles. The summed E-state index contributed by atoms with van der Waals surface area (Å²) in [6.07, 6.45) is 0.683. The Morgan fingerprint density at radius 2 is 1.62 bits per heavy atom. The predicted octanol–water partition coefficient (Wildman–Crippen LogP) is 3.75. The van der Waals surface area contributed by atoms with Crippen LogP contribution in [0.4, 0.5) is 5.69 Å². The second-order valence-electron chi connectivity index (χ2n) is 8.60. The molecule has 0 unspecified atom stereocenters. The fourth-order valence-corrected chi connectivity index (χ4v) is 4.70. The third-order valence-corrected chi connectivity index (χ3v) is 6.03. The molecule has 2 aliphatic rings. The number of hydrogen-bond donors (Lipinski definition) is 0. The van der Waals surface area contributed by atoms with Crippen molar-refractivity contribution in [2.45, 2.75) is 38.6 Å². The molecule has 2 aromatic carbocycles. The Bertz CT molecular complexity index is 1130. The molecule has 0 fully saturated rings. The summed E-state index contributed by atoms with van der Waals surface area (Å²) >= 11 is 0. The van der Waals surface area contributed by atoms with Crippen LogP contribution < -0.4 is 23.8 Å². The molecule has 0 bridgehead atoms. The molecular weight excluding hydrogens is 414 g/mol. The van der Waals surface area contributed by atoms with Gasteiger partial charge in [-0.2, -0.15) is 0 Å². The maximum Gasteiger partial charge on any atom is 0.343 e. The predicted molar refractivity (Wildman–Crippen MR) is 116 cm³/mol. The maximum absolute atomic E-state index is 12.9. The van der Waals surface area contributed by atoms with Gasteiger partial charge in [0.2, 0.25) is 5.75 Å². The number of rotatable bonds is 5. The monoisotopic (exact) mass is 439 g/mol. The van der Waals surface area contributed by atoms with Crippen molar-refractivity contribution in [1.29, 1.82) is 0 Å². The van der Waals surface area contributed by atoms with Crippen LogP contribution in [0.25, 0.3) is 0 Å². The largest absolute Gasteiger partial charge is 0.493 e. The summed E-state index contributed by atoms with van der Waals surface area (Å²) in [5, 5.41) is 0. The van der Waals surface area contributed by atoms with Gasteiger partial charge < -0.3 is 18.9 Å². The maximum atomic E-state index is 12.9. The molecule has 32 heavy (non-hydrogen) atoms. The van der Waals surface area contributed by atoms with Gasteiger partial charge in [0.1, 0.15) is 5.75 Å². The molecule has 1 amide bonds. The molecule has 168 valence electrons. The third-order valence-electron chi connectivity index (χ3n) is 6.03. The molecule has 2 aliphatic heterocycles. The summed E-state index contributed by atoms with van der Waals surface area (Å²) in [6.45, 7) is 5.93. The molecule has 2 aromatic rings. The second-order valence-corrected chi connectivity index (χ2v) is 8.60. The smallest absolute Gasteiger partial charge is 0.343 e. The number of ketones is 1. The Hall–Kier alpha value is -3.55. The molecule has 0 aromatic heterocycles.